The molecule has 0 saturated heterocycles. The number of hydrogen-bond acceptors (Lipinski definition) is 7. The molecule has 1 aliphatic rings. The van der Waals surface area contributed by atoms with E-state index < -0.39 is 5.92 Å². The largest absolute Gasteiger partial charge is 0.367 e. The van der Waals surface area contributed by atoms with Crippen molar-refractivity contribution in [2.45, 2.75) is 44.6 Å². The Morgan fingerprint density at radius 1 is 1.09 bits per heavy atom. The first kappa shape index (κ1) is 21.6. The quantitative estimate of drug-likeness (QED) is 0.426. The normalized spacial score (nSPS) is 16.1. The first-order chi connectivity index (χ1) is 15.9. The van der Waals surface area contributed by atoms with Crippen molar-refractivity contribution in [2.75, 3.05) is 5.32 Å². The summed E-state index contributed by atoms with van der Waals surface area (Å²) in [5, 5.41) is 17.5. The van der Waals surface area contributed by atoms with Crippen molar-refractivity contribution in [1.82, 2.24) is 29.9 Å². The van der Waals surface area contributed by atoms with Gasteiger partial charge in [0, 0.05) is 49.5 Å². The summed E-state index contributed by atoms with van der Waals surface area (Å²) in [6.45, 7) is 1.89. The van der Waals surface area contributed by atoms with Crippen LogP contribution >= 0.6 is 11.3 Å². The Kier molecular flexibility index (Phi) is 5.61. The number of rotatable bonds is 5. The van der Waals surface area contributed by atoms with Crippen LogP contribution in [-0.2, 0) is 7.05 Å². The number of aromatic nitrogens is 6. The van der Waals surface area contributed by atoms with Gasteiger partial charge in [-0.15, -0.1) is 10.2 Å². The topological polar surface area (TPSA) is 81.4 Å². The van der Waals surface area contributed by atoms with E-state index in [-0.39, 0.29) is 18.9 Å². The maximum atomic E-state index is 13.7. The Labute approximate surface area is 193 Å². The van der Waals surface area contributed by atoms with Gasteiger partial charge >= 0.3 is 0 Å². The SMILES string of the molecule is Cc1nnc(-c2cnc(-c3cccc(-c4cnn(C)c4)c3)nc2NC2CCC(F)(F)CC2)s1. The third-order valence-electron chi connectivity index (χ3n) is 5.76. The predicted molar refractivity (Wildman–Crippen MR) is 124 cm³/mol. The standard InChI is InChI=1S/C23H23F2N7S/c1-14-30-31-22(33-14)19-12-26-20(29-21(19)28-18-6-8-23(24,25)9-7-18)16-5-3-4-15(10-16)17-11-27-32(2)13-17/h3-5,10-13,18H,6-9H2,1-2H3,(H,26,28,29). The molecular formula is C23H23F2N7S. The van der Waals surface area contributed by atoms with Crippen LogP contribution in [0.2, 0.25) is 0 Å². The van der Waals surface area contributed by atoms with Gasteiger partial charge in [-0.25, -0.2) is 18.7 Å². The molecule has 0 bridgehead atoms. The van der Waals surface area contributed by atoms with Crippen LogP contribution < -0.4 is 5.32 Å². The Bertz CT molecular complexity index is 1270. The molecule has 10 heteroatoms. The van der Waals surface area contributed by atoms with Gasteiger partial charge in [-0.05, 0) is 31.4 Å². The fourth-order valence-electron chi connectivity index (χ4n) is 3.98. The van der Waals surface area contributed by atoms with E-state index in [1.165, 1.54) is 11.3 Å². The molecule has 0 amide bonds. The second-order valence-electron chi connectivity index (χ2n) is 8.34. The van der Waals surface area contributed by atoms with E-state index in [0.717, 1.165) is 27.3 Å². The summed E-state index contributed by atoms with van der Waals surface area (Å²) in [6, 6.07) is 7.86. The van der Waals surface area contributed by atoms with E-state index in [4.69, 9.17) is 4.98 Å². The minimum absolute atomic E-state index is 0.0816. The maximum Gasteiger partial charge on any atom is 0.248 e. The van der Waals surface area contributed by atoms with Crippen molar-refractivity contribution in [1.29, 1.82) is 0 Å². The fourth-order valence-corrected chi connectivity index (χ4v) is 4.68. The van der Waals surface area contributed by atoms with Crippen molar-refractivity contribution in [3.05, 3.63) is 47.9 Å². The number of hydrogen-bond donors (Lipinski definition) is 1. The van der Waals surface area contributed by atoms with Crippen molar-refractivity contribution < 1.29 is 8.78 Å². The smallest absolute Gasteiger partial charge is 0.248 e. The molecule has 5 rings (SSSR count). The van der Waals surface area contributed by atoms with Crippen molar-refractivity contribution in [2.24, 2.45) is 7.05 Å². The van der Waals surface area contributed by atoms with Gasteiger partial charge in [0.05, 0.1) is 11.8 Å². The first-order valence-corrected chi connectivity index (χ1v) is 11.6. The van der Waals surface area contributed by atoms with E-state index >= 15 is 0 Å². The molecule has 1 aromatic carbocycles. The van der Waals surface area contributed by atoms with Crippen LogP contribution in [0.4, 0.5) is 14.6 Å². The van der Waals surface area contributed by atoms with Crippen LogP contribution in [0.3, 0.4) is 0 Å². The van der Waals surface area contributed by atoms with Crippen molar-refractivity contribution in [3.63, 3.8) is 0 Å². The lowest BCUT2D eigenvalue weighted by atomic mass is 9.92. The maximum absolute atomic E-state index is 13.7. The minimum atomic E-state index is -2.58. The zero-order chi connectivity index (χ0) is 23.0. The van der Waals surface area contributed by atoms with E-state index in [9.17, 15) is 8.78 Å². The molecule has 3 heterocycles. The first-order valence-electron chi connectivity index (χ1n) is 10.8. The molecule has 7 nitrogen and oxygen atoms in total. The molecule has 1 saturated carbocycles. The number of benzene rings is 1. The zero-order valence-electron chi connectivity index (χ0n) is 18.3. The highest BCUT2D eigenvalue weighted by atomic mass is 32.1. The summed E-state index contributed by atoms with van der Waals surface area (Å²) in [6.07, 6.45) is 6.03. The monoisotopic (exact) mass is 467 g/mol. The number of anilines is 1. The molecule has 4 aromatic rings. The molecule has 170 valence electrons. The van der Waals surface area contributed by atoms with E-state index in [2.05, 4.69) is 25.6 Å². The molecule has 0 unspecified atom stereocenters. The summed E-state index contributed by atoms with van der Waals surface area (Å²) in [5.74, 6) is -1.44. The van der Waals surface area contributed by atoms with Crippen LogP contribution in [0, 0.1) is 6.92 Å². The average molecular weight is 468 g/mol. The van der Waals surface area contributed by atoms with E-state index in [1.54, 1.807) is 10.9 Å². The van der Waals surface area contributed by atoms with Crippen molar-refractivity contribution >= 4 is 17.2 Å². The molecule has 0 spiro atoms. The Morgan fingerprint density at radius 2 is 1.88 bits per heavy atom. The molecular weight excluding hydrogens is 444 g/mol. The van der Waals surface area contributed by atoms with Gasteiger partial charge in [0.1, 0.15) is 10.8 Å². The summed E-state index contributed by atoms with van der Waals surface area (Å²) < 4.78 is 29.1. The van der Waals surface area contributed by atoms with Crippen LogP contribution in [0.25, 0.3) is 33.1 Å². The zero-order valence-corrected chi connectivity index (χ0v) is 19.1. The Morgan fingerprint density at radius 3 is 2.58 bits per heavy atom. The third-order valence-corrected chi connectivity index (χ3v) is 6.63. The van der Waals surface area contributed by atoms with Gasteiger partial charge in [0.2, 0.25) is 5.92 Å². The third kappa shape index (κ3) is 4.75. The molecule has 3 aromatic heterocycles. The summed E-state index contributed by atoms with van der Waals surface area (Å²) in [7, 11) is 1.88. The van der Waals surface area contributed by atoms with Crippen LogP contribution in [0.15, 0.2) is 42.9 Å². The summed E-state index contributed by atoms with van der Waals surface area (Å²) in [5.41, 5.74) is 3.60. The van der Waals surface area contributed by atoms with Gasteiger partial charge in [0.15, 0.2) is 10.8 Å². The van der Waals surface area contributed by atoms with Crippen LogP contribution in [0.1, 0.15) is 30.7 Å². The van der Waals surface area contributed by atoms with Gasteiger partial charge in [-0.2, -0.15) is 5.10 Å². The molecule has 1 fully saturated rings. The second-order valence-corrected chi connectivity index (χ2v) is 9.52. The second kappa shape index (κ2) is 8.58. The van der Waals surface area contributed by atoms with Crippen LogP contribution in [0.5, 0.6) is 0 Å². The Hall–Kier alpha value is -3.27. The van der Waals surface area contributed by atoms with Gasteiger partial charge in [-0.3, -0.25) is 4.68 Å². The molecule has 0 radical (unpaired) electrons. The lowest BCUT2D eigenvalue weighted by Crippen LogP contribution is -2.32. The van der Waals surface area contributed by atoms with Gasteiger partial charge in [0.25, 0.3) is 0 Å². The van der Waals surface area contributed by atoms with Gasteiger partial charge < -0.3 is 5.32 Å². The summed E-state index contributed by atoms with van der Waals surface area (Å²) >= 11 is 1.45. The Balaban J connectivity index is 1.50. The van der Waals surface area contributed by atoms with E-state index in [0.29, 0.717) is 29.5 Å². The van der Waals surface area contributed by atoms with E-state index in [1.807, 2.05) is 50.6 Å². The number of alkyl halides is 2. The highest BCUT2D eigenvalue weighted by Crippen LogP contribution is 2.36. The lowest BCUT2D eigenvalue weighted by Gasteiger charge is -2.29. The molecule has 0 atom stereocenters. The minimum Gasteiger partial charge on any atom is -0.367 e. The van der Waals surface area contributed by atoms with Crippen molar-refractivity contribution in [3.8, 4) is 33.1 Å². The van der Waals surface area contributed by atoms with Gasteiger partial charge in [-0.1, -0.05) is 29.5 Å². The number of nitrogens with zero attached hydrogens (tertiary/aromatic N) is 6. The average Bonchev–Trinajstić information content (AvgIpc) is 3.43. The molecule has 33 heavy (non-hydrogen) atoms. The molecule has 1 N–H and O–H groups in total. The molecule has 1 aliphatic carbocycles. The number of nitrogens with one attached hydrogen (secondary N) is 1. The predicted octanol–water partition coefficient (Wildman–Crippen LogP) is 5.36. The summed E-state index contributed by atoms with van der Waals surface area (Å²) in [4.78, 5) is 9.41. The number of halogens is 2. The number of aryl methyl sites for hydroxylation is 2. The fraction of sp³-hybridized carbons (Fsp3) is 0.348. The highest BCUT2D eigenvalue weighted by molar-refractivity contribution is 7.14. The highest BCUT2D eigenvalue weighted by Gasteiger charge is 2.35. The lowest BCUT2D eigenvalue weighted by molar-refractivity contribution is -0.0361. The van der Waals surface area contributed by atoms with Crippen LogP contribution in [-0.4, -0.2) is 41.9 Å². The molecule has 0 aliphatic heterocycles.